The molecule has 0 bridgehead atoms. The van der Waals surface area contributed by atoms with Crippen LogP contribution in [0, 0.1) is 0 Å². The summed E-state index contributed by atoms with van der Waals surface area (Å²) in [5.74, 6) is 0.762. The third-order valence-electron chi connectivity index (χ3n) is 3.98. The van der Waals surface area contributed by atoms with Gasteiger partial charge in [0, 0.05) is 23.2 Å². The summed E-state index contributed by atoms with van der Waals surface area (Å²) in [7, 11) is 3.09. The average Bonchev–Trinajstić information content (AvgIpc) is 3.46. The van der Waals surface area contributed by atoms with Gasteiger partial charge in [0.1, 0.15) is 11.5 Å². The largest absolute Gasteiger partial charge is 0.497 e. The van der Waals surface area contributed by atoms with Crippen molar-refractivity contribution in [2.75, 3.05) is 19.5 Å². The van der Waals surface area contributed by atoms with E-state index in [2.05, 4.69) is 10.6 Å². The lowest BCUT2D eigenvalue weighted by Crippen LogP contribution is -2.25. The molecule has 1 fully saturated rings. The molecule has 0 aliphatic heterocycles. The van der Waals surface area contributed by atoms with Gasteiger partial charge in [0.2, 0.25) is 0 Å². The first-order valence-electron chi connectivity index (χ1n) is 8.05. The zero-order chi connectivity index (χ0) is 17.8. The van der Waals surface area contributed by atoms with Crippen LogP contribution in [0.3, 0.4) is 0 Å². The molecule has 25 heavy (non-hydrogen) atoms. The van der Waals surface area contributed by atoms with Gasteiger partial charge in [0.05, 0.1) is 19.9 Å². The molecule has 0 spiro atoms. The number of carbonyl (C=O) groups is 2. The van der Waals surface area contributed by atoms with Gasteiger partial charge in [0.15, 0.2) is 0 Å². The minimum absolute atomic E-state index is 0.105. The van der Waals surface area contributed by atoms with Gasteiger partial charge in [-0.1, -0.05) is 0 Å². The van der Waals surface area contributed by atoms with Crippen molar-refractivity contribution in [2.45, 2.75) is 18.9 Å². The molecule has 2 aromatic carbocycles. The Morgan fingerprint density at radius 2 is 1.56 bits per heavy atom. The summed E-state index contributed by atoms with van der Waals surface area (Å²) >= 11 is 0. The summed E-state index contributed by atoms with van der Waals surface area (Å²) in [5.41, 5.74) is 1.55. The van der Waals surface area contributed by atoms with Gasteiger partial charge in [0.25, 0.3) is 11.8 Å². The predicted octanol–water partition coefficient (Wildman–Crippen LogP) is 2.85. The van der Waals surface area contributed by atoms with Gasteiger partial charge in [-0.2, -0.15) is 0 Å². The standard InChI is InChI=1S/C19H20N2O4/c1-24-15-9-10-16(17(11-15)25-2)21-19(23)13-5-3-12(4-6-13)18(22)20-14-7-8-14/h3-6,9-11,14H,7-8H2,1-2H3,(H,20,22)(H,21,23). The van der Waals surface area contributed by atoms with Crippen molar-refractivity contribution >= 4 is 17.5 Å². The number of carbonyl (C=O) groups excluding carboxylic acids is 2. The second-order valence-electron chi connectivity index (χ2n) is 5.85. The van der Waals surface area contributed by atoms with E-state index in [0.29, 0.717) is 34.4 Å². The predicted molar refractivity (Wildman–Crippen MR) is 94.4 cm³/mol. The van der Waals surface area contributed by atoms with Crippen LogP contribution in [-0.4, -0.2) is 32.1 Å². The average molecular weight is 340 g/mol. The number of amides is 2. The highest BCUT2D eigenvalue weighted by atomic mass is 16.5. The zero-order valence-electron chi connectivity index (χ0n) is 14.2. The van der Waals surface area contributed by atoms with Gasteiger partial charge in [-0.05, 0) is 49.2 Å². The second-order valence-corrected chi connectivity index (χ2v) is 5.85. The number of hydrogen-bond donors (Lipinski definition) is 2. The Kier molecular flexibility index (Phi) is 4.88. The van der Waals surface area contributed by atoms with E-state index in [1.165, 1.54) is 7.11 Å². The highest BCUT2D eigenvalue weighted by Gasteiger charge is 2.23. The fraction of sp³-hybridized carbons (Fsp3) is 0.263. The normalized spacial score (nSPS) is 13.0. The molecule has 0 aromatic heterocycles. The second kappa shape index (κ2) is 7.25. The van der Waals surface area contributed by atoms with Crippen LogP contribution >= 0.6 is 0 Å². The van der Waals surface area contributed by atoms with E-state index in [1.54, 1.807) is 49.6 Å². The van der Waals surface area contributed by atoms with Crippen molar-refractivity contribution in [3.05, 3.63) is 53.6 Å². The van der Waals surface area contributed by atoms with Crippen LogP contribution in [0.2, 0.25) is 0 Å². The molecule has 1 saturated carbocycles. The number of anilines is 1. The van der Waals surface area contributed by atoms with E-state index in [-0.39, 0.29) is 11.8 Å². The summed E-state index contributed by atoms with van der Waals surface area (Å²) in [6.07, 6.45) is 2.08. The molecule has 3 rings (SSSR count). The van der Waals surface area contributed by atoms with Crippen LogP contribution in [0.5, 0.6) is 11.5 Å². The van der Waals surface area contributed by atoms with Crippen molar-refractivity contribution in [1.29, 1.82) is 0 Å². The van der Waals surface area contributed by atoms with Crippen molar-refractivity contribution < 1.29 is 19.1 Å². The molecule has 6 heteroatoms. The number of rotatable bonds is 6. The fourth-order valence-electron chi connectivity index (χ4n) is 2.37. The molecule has 0 radical (unpaired) electrons. The summed E-state index contributed by atoms with van der Waals surface area (Å²) < 4.78 is 10.4. The summed E-state index contributed by atoms with van der Waals surface area (Å²) in [6, 6.07) is 12.0. The van der Waals surface area contributed by atoms with Crippen LogP contribution < -0.4 is 20.1 Å². The first-order valence-corrected chi connectivity index (χ1v) is 8.05. The zero-order valence-corrected chi connectivity index (χ0v) is 14.2. The molecule has 6 nitrogen and oxygen atoms in total. The van der Waals surface area contributed by atoms with Crippen LogP contribution in [0.25, 0.3) is 0 Å². The number of hydrogen-bond acceptors (Lipinski definition) is 4. The Morgan fingerprint density at radius 3 is 2.12 bits per heavy atom. The SMILES string of the molecule is COc1ccc(NC(=O)c2ccc(C(=O)NC3CC3)cc2)c(OC)c1. The van der Waals surface area contributed by atoms with Gasteiger partial charge in [-0.15, -0.1) is 0 Å². The van der Waals surface area contributed by atoms with E-state index >= 15 is 0 Å². The maximum atomic E-state index is 12.4. The summed E-state index contributed by atoms with van der Waals surface area (Å²) in [4.78, 5) is 24.4. The monoisotopic (exact) mass is 340 g/mol. The Balaban J connectivity index is 1.69. The molecule has 1 aliphatic carbocycles. The highest BCUT2D eigenvalue weighted by molar-refractivity contribution is 6.05. The highest BCUT2D eigenvalue weighted by Crippen LogP contribution is 2.29. The lowest BCUT2D eigenvalue weighted by molar-refractivity contribution is 0.0949. The number of nitrogens with one attached hydrogen (secondary N) is 2. The van der Waals surface area contributed by atoms with Crippen LogP contribution in [0.4, 0.5) is 5.69 Å². The lowest BCUT2D eigenvalue weighted by Gasteiger charge is -2.12. The van der Waals surface area contributed by atoms with E-state index < -0.39 is 0 Å². The number of ether oxygens (including phenoxy) is 2. The minimum atomic E-state index is -0.280. The van der Waals surface area contributed by atoms with Crippen LogP contribution in [-0.2, 0) is 0 Å². The van der Waals surface area contributed by atoms with E-state index in [0.717, 1.165) is 12.8 Å². The smallest absolute Gasteiger partial charge is 0.255 e. The fourth-order valence-corrected chi connectivity index (χ4v) is 2.37. The van der Waals surface area contributed by atoms with E-state index in [4.69, 9.17) is 9.47 Å². The molecule has 0 heterocycles. The molecule has 0 atom stereocenters. The molecule has 0 saturated heterocycles. The quantitative estimate of drug-likeness (QED) is 0.848. The van der Waals surface area contributed by atoms with E-state index in [1.807, 2.05) is 0 Å². The van der Waals surface area contributed by atoms with Crippen molar-refractivity contribution in [3.8, 4) is 11.5 Å². The molecule has 2 aromatic rings. The molecule has 0 unspecified atom stereocenters. The summed E-state index contributed by atoms with van der Waals surface area (Å²) in [5, 5.41) is 5.72. The van der Waals surface area contributed by atoms with Gasteiger partial charge in [-0.3, -0.25) is 9.59 Å². The Hall–Kier alpha value is -3.02. The number of benzene rings is 2. The Bertz CT molecular complexity index is 783. The van der Waals surface area contributed by atoms with Gasteiger partial charge < -0.3 is 20.1 Å². The van der Waals surface area contributed by atoms with Crippen molar-refractivity contribution in [2.24, 2.45) is 0 Å². The Labute approximate surface area is 146 Å². The maximum Gasteiger partial charge on any atom is 0.255 e. The molecule has 130 valence electrons. The van der Waals surface area contributed by atoms with Crippen molar-refractivity contribution in [1.82, 2.24) is 5.32 Å². The Morgan fingerprint density at radius 1 is 0.920 bits per heavy atom. The van der Waals surface area contributed by atoms with Crippen molar-refractivity contribution in [3.63, 3.8) is 0 Å². The molecule has 2 N–H and O–H groups in total. The molecular weight excluding hydrogens is 320 g/mol. The topological polar surface area (TPSA) is 76.7 Å². The van der Waals surface area contributed by atoms with E-state index in [9.17, 15) is 9.59 Å². The van der Waals surface area contributed by atoms with Crippen LogP contribution in [0.15, 0.2) is 42.5 Å². The third-order valence-corrected chi connectivity index (χ3v) is 3.98. The first-order chi connectivity index (χ1) is 12.1. The molecule has 2 amide bonds. The van der Waals surface area contributed by atoms with Gasteiger partial charge >= 0.3 is 0 Å². The number of methoxy groups -OCH3 is 2. The minimum Gasteiger partial charge on any atom is -0.497 e. The first kappa shape index (κ1) is 16.8. The van der Waals surface area contributed by atoms with Gasteiger partial charge in [-0.25, -0.2) is 0 Å². The molecular formula is C19H20N2O4. The summed E-state index contributed by atoms with van der Waals surface area (Å²) in [6.45, 7) is 0. The maximum absolute atomic E-state index is 12.4. The lowest BCUT2D eigenvalue weighted by atomic mass is 10.1. The third kappa shape index (κ3) is 4.09. The van der Waals surface area contributed by atoms with Crippen LogP contribution in [0.1, 0.15) is 33.6 Å². The molecule has 1 aliphatic rings.